The van der Waals surface area contributed by atoms with Crippen molar-refractivity contribution in [3.8, 4) is 0 Å². The first-order chi connectivity index (χ1) is 27.5. The highest BCUT2D eigenvalue weighted by atomic mass is 16.6. The number of ketones is 1. The Balaban J connectivity index is 1.12. The maximum Gasteiger partial charge on any atom is 0.341 e. The number of aliphatic hydroxyl groups is 3. The van der Waals surface area contributed by atoms with Gasteiger partial charge in [-0.2, -0.15) is 0 Å². The molecule has 304 valence electrons. The van der Waals surface area contributed by atoms with Gasteiger partial charge in [0.25, 0.3) is 0 Å². The van der Waals surface area contributed by atoms with Crippen molar-refractivity contribution in [2.45, 2.75) is 102 Å². The largest absolute Gasteiger partial charge is 0.423 e. The van der Waals surface area contributed by atoms with Crippen molar-refractivity contribution in [3.63, 3.8) is 0 Å². The highest BCUT2D eigenvalue weighted by Crippen LogP contribution is 2.66. The second-order valence-electron chi connectivity index (χ2n) is 17.1. The van der Waals surface area contributed by atoms with E-state index in [4.69, 9.17) is 9.47 Å². The molecule has 57 heavy (non-hydrogen) atoms. The molecule has 5 N–H and O–H groups in total. The number of allylic oxidation sites excluding steroid dienone is 1. The number of pyridine rings is 1. The third kappa shape index (κ3) is 7.44. The molecule has 8 rings (SSSR count). The van der Waals surface area contributed by atoms with E-state index in [0.29, 0.717) is 73.3 Å². The predicted octanol–water partition coefficient (Wildman–Crippen LogP) is 2.88. The third-order valence-corrected chi connectivity index (χ3v) is 13.8. The van der Waals surface area contributed by atoms with Gasteiger partial charge < -0.3 is 40.3 Å². The van der Waals surface area contributed by atoms with Crippen molar-refractivity contribution < 1.29 is 34.4 Å². The number of carbonyl (C=O) groups excluding carboxylic acids is 2. The molecule has 0 bridgehead atoms. The number of Topliss-reactive ketones (excluding diaryl/α,β-unsaturated/α-hetero) is 1. The molecular formula is C42H54N8O7. The summed E-state index contributed by atoms with van der Waals surface area (Å²) >= 11 is 0. The number of aliphatic hydroxyl groups excluding tert-OH is 3. The number of aliphatic imine (C=N–C) groups is 2. The average Bonchev–Trinajstić information content (AvgIpc) is 3.50. The van der Waals surface area contributed by atoms with Gasteiger partial charge in [0.2, 0.25) is 5.95 Å². The summed E-state index contributed by atoms with van der Waals surface area (Å²) in [5.74, 6) is 1.20. The van der Waals surface area contributed by atoms with Crippen molar-refractivity contribution in [2.24, 2.45) is 32.7 Å². The van der Waals surface area contributed by atoms with Crippen molar-refractivity contribution in [1.29, 1.82) is 0 Å². The molecule has 15 heteroatoms. The van der Waals surface area contributed by atoms with Crippen LogP contribution in [0.4, 0.5) is 11.8 Å². The van der Waals surface area contributed by atoms with E-state index in [1.165, 1.54) is 0 Å². The molecule has 2 saturated carbocycles. The van der Waals surface area contributed by atoms with Crippen LogP contribution in [0.5, 0.6) is 0 Å². The SMILES string of the molecule is CC(NC1CC2[C@](C)(CC[C@@H](O)[C@@]2(C)CO)C(CC(Nc2ccccn2)C2=C/C(=C\c3cnc(N4CCCC4CO)nc3)OC2=O)C12CO2)C(=O)CC1=NCC=N1. The molecule has 2 saturated heterocycles. The van der Waals surface area contributed by atoms with Crippen LogP contribution in [0.3, 0.4) is 0 Å². The van der Waals surface area contributed by atoms with Gasteiger partial charge in [0.05, 0.1) is 62.6 Å². The van der Waals surface area contributed by atoms with Gasteiger partial charge in [-0.25, -0.2) is 24.7 Å². The lowest BCUT2D eigenvalue weighted by Gasteiger charge is -2.63. The Morgan fingerprint density at radius 3 is 2.65 bits per heavy atom. The lowest BCUT2D eigenvalue weighted by atomic mass is 9.43. The lowest BCUT2D eigenvalue weighted by molar-refractivity contribution is -0.184. The van der Waals surface area contributed by atoms with E-state index < -0.39 is 40.6 Å². The zero-order valence-electron chi connectivity index (χ0n) is 32.9. The fourth-order valence-corrected chi connectivity index (χ4v) is 10.5. The maximum absolute atomic E-state index is 13.9. The number of amidine groups is 1. The summed E-state index contributed by atoms with van der Waals surface area (Å²) in [6.07, 6.45) is 13.8. The Morgan fingerprint density at radius 1 is 1.16 bits per heavy atom. The molecule has 10 atom stereocenters. The molecule has 0 radical (unpaired) electrons. The average molecular weight is 783 g/mol. The number of rotatable bonds is 14. The summed E-state index contributed by atoms with van der Waals surface area (Å²) in [5.41, 5.74) is -0.799. The fourth-order valence-electron chi connectivity index (χ4n) is 10.5. The van der Waals surface area contributed by atoms with E-state index in [0.717, 1.165) is 19.4 Å². The number of nitrogens with one attached hydrogen (secondary N) is 2. The smallest absolute Gasteiger partial charge is 0.341 e. The standard InChI is InChI=1S/C42H54N8O7/c1-25(31(53)18-37-44-12-13-45-37)48-34-19-32-40(2,10-9-35(54)41(32,3)23-52)33(42(34)24-56-42)17-30(49-36-8-4-5-11-43-36)29-16-28(57-38(29)55)15-26-20-46-39(47-21-26)50-14-6-7-27(50)22-51/h4-5,8,11-12,15-16,20-21,25,27,30,32-35,48,51-52,54H,6-7,9-10,13-14,17-19,22-24H2,1-3H3,(H,43,49)/b28-15+/t25?,27?,30?,32?,33?,34?,35-,40+,41+,42?/m1/s1. The van der Waals surface area contributed by atoms with E-state index in [1.54, 1.807) is 37.0 Å². The van der Waals surface area contributed by atoms with Crippen molar-refractivity contribution in [1.82, 2.24) is 20.3 Å². The number of cyclic esters (lactones) is 1. The Bertz CT molecular complexity index is 1950. The molecule has 2 aromatic heterocycles. The number of aromatic nitrogens is 3. The Labute approximate surface area is 332 Å². The summed E-state index contributed by atoms with van der Waals surface area (Å²) in [5, 5.41) is 39.4. The van der Waals surface area contributed by atoms with Gasteiger partial charge in [0, 0.05) is 48.4 Å². The van der Waals surface area contributed by atoms with Crippen molar-refractivity contribution >= 4 is 41.6 Å². The quantitative estimate of drug-likeness (QED) is 0.138. The first kappa shape index (κ1) is 39.4. The number of epoxide rings is 1. The second-order valence-corrected chi connectivity index (χ2v) is 17.1. The van der Waals surface area contributed by atoms with Gasteiger partial charge in [0.1, 0.15) is 23.0 Å². The van der Waals surface area contributed by atoms with Gasteiger partial charge in [-0.3, -0.25) is 9.79 Å². The van der Waals surface area contributed by atoms with E-state index in [-0.39, 0.29) is 49.3 Å². The van der Waals surface area contributed by atoms with Crippen LogP contribution >= 0.6 is 0 Å². The van der Waals surface area contributed by atoms with E-state index in [2.05, 4.69) is 42.5 Å². The Kier molecular flexibility index (Phi) is 10.9. The molecule has 4 aliphatic heterocycles. The highest BCUT2D eigenvalue weighted by molar-refractivity contribution is 6.07. The summed E-state index contributed by atoms with van der Waals surface area (Å²) < 4.78 is 12.4. The van der Waals surface area contributed by atoms with Crippen LogP contribution in [0.1, 0.15) is 71.3 Å². The van der Waals surface area contributed by atoms with E-state index in [9.17, 15) is 24.9 Å². The predicted molar refractivity (Wildman–Crippen MR) is 214 cm³/mol. The number of ether oxygens (including phenoxy) is 2. The fraction of sp³-hybridized carbons (Fsp3) is 0.595. The summed E-state index contributed by atoms with van der Waals surface area (Å²) in [6.45, 7) is 7.65. The Morgan fingerprint density at radius 2 is 1.96 bits per heavy atom. The minimum Gasteiger partial charge on any atom is -0.423 e. The first-order valence-corrected chi connectivity index (χ1v) is 20.3. The summed E-state index contributed by atoms with van der Waals surface area (Å²) in [7, 11) is 0. The van der Waals surface area contributed by atoms with Gasteiger partial charge in [-0.1, -0.05) is 19.9 Å². The number of hydrogen-bond donors (Lipinski definition) is 5. The van der Waals surface area contributed by atoms with Gasteiger partial charge in [-0.15, -0.1) is 0 Å². The number of esters is 1. The molecule has 15 nitrogen and oxygen atoms in total. The van der Waals surface area contributed by atoms with E-state index >= 15 is 0 Å². The van der Waals surface area contributed by atoms with Crippen LogP contribution in [0.15, 0.2) is 64.2 Å². The molecule has 2 aliphatic carbocycles. The number of nitrogens with zero attached hydrogens (tertiary/aromatic N) is 6. The van der Waals surface area contributed by atoms with Crippen LogP contribution in [0.25, 0.3) is 6.08 Å². The van der Waals surface area contributed by atoms with Crippen LogP contribution in [-0.2, 0) is 19.1 Å². The molecule has 6 aliphatic rings. The molecule has 0 aromatic carbocycles. The molecule has 4 fully saturated rings. The lowest BCUT2D eigenvalue weighted by Crippen LogP contribution is -2.67. The van der Waals surface area contributed by atoms with Gasteiger partial charge in [0.15, 0.2) is 5.78 Å². The third-order valence-electron chi connectivity index (χ3n) is 13.8. The zero-order chi connectivity index (χ0) is 40.0. The maximum atomic E-state index is 13.9. The van der Waals surface area contributed by atoms with Crippen molar-refractivity contribution in [3.05, 3.63) is 59.8 Å². The second kappa shape index (κ2) is 15.7. The van der Waals surface area contributed by atoms with Crippen LogP contribution in [0, 0.1) is 22.7 Å². The first-order valence-electron chi connectivity index (χ1n) is 20.3. The minimum absolute atomic E-state index is 0.00105. The number of fused-ring (bicyclic) bond motifs is 1. The topological polar surface area (TPSA) is 207 Å². The molecule has 2 aromatic rings. The number of anilines is 2. The molecule has 6 heterocycles. The highest BCUT2D eigenvalue weighted by Gasteiger charge is 2.71. The monoisotopic (exact) mass is 782 g/mol. The summed E-state index contributed by atoms with van der Waals surface area (Å²) in [6, 6.07) is 4.20. The molecule has 0 amide bonds. The molecule has 1 spiro atoms. The van der Waals surface area contributed by atoms with Gasteiger partial charge >= 0.3 is 5.97 Å². The zero-order valence-corrected chi connectivity index (χ0v) is 32.9. The van der Waals surface area contributed by atoms with Crippen LogP contribution in [0.2, 0.25) is 0 Å². The Hall–Kier alpha value is -4.41. The number of carbonyl (C=O) groups is 2. The van der Waals surface area contributed by atoms with E-state index in [1.807, 2.05) is 36.9 Å². The molecular weight excluding hydrogens is 729 g/mol. The van der Waals surface area contributed by atoms with Crippen LogP contribution < -0.4 is 15.5 Å². The van der Waals surface area contributed by atoms with Crippen LogP contribution in [-0.4, -0.2) is 123 Å². The van der Waals surface area contributed by atoms with Gasteiger partial charge in [-0.05, 0) is 87.0 Å². The van der Waals surface area contributed by atoms with Crippen molar-refractivity contribution in [2.75, 3.05) is 43.1 Å². The minimum atomic E-state index is -0.807. The number of hydrogen-bond acceptors (Lipinski definition) is 15. The normalized spacial score (nSPS) is 34.8. The summed E-state index contributed by atoms with van der Waals surface area (Å²) in [4.78, 5) is 51.6. The molecule has 7 unspecified atom stereocenters.